The summed E-state index contributed by atoms with van der Waals surface area (Å²) in [6, 6.07) is 0. The van der Waals surface area contributed by atoms with Crippen LogP contribution in [0.5, 0.6) is 0 Å². The van der Waals surface area contributed by atoms with Gasteiger partial charge in [0.1, 0.15) is 4.88 Å². The standard InChI is InChI=1S/C9H12O2S/c1-5-6(2)8(9(10)11-4)12-7(5)3/h1-4H3. The highest BCUT2D eigenvalue weighted by molar-refractivity contribution is 7.14. The number of ether oxygens (including phenoxy) is 1. The lowest BCUT2D eigenvalue weighted by Crippen LogP contribution is -1.99. The molecule has 0 unspecified atom stereocenters. The van der Waals surface area contributed by atoms with Crippen LogP contribution in [0.4, 0.5) is 0 Å². The first-order chi connectivity index (χ1) is 5.57. The van der Waals surface area contributed by atoms with Gasteiger partial charge in [0.05, 0.1) is 7.11 Å². The Hall–Kier alpha value is -0.830. The number of hydrogen-bond acceptors (Lipinski definition) is 3. The van der Waals surface area contributed by atoms with E-state index in [0.29, 0.717) is 0 Å². The second kappa shape index (κ2) is 3.27. The van der Waals surface area contributed by atoms with Gasteiger partial charge in [-0.25, -0.2) is 4.79 Å². The predicted molar refractivity (Wildman–Crippen MR) is 49.9 cm³/mol. The molecule has 1 aromatic rings. The highest BCUT2D eigenvalue weighted by Crippen LogP contribution is 2.26. The van der Waals surface area contributed by atoms with Crippen LogP contribution < -0.4 is 0 Å². The van der Waals surface area contributed by atoms with Crippen LogP contribution >= 0.6 is 11.3 Å². The summed E-state index contributed by atoms with van der Waals surface area (Å²) >= 11 is 1.50. The molecule has 0 N–H and O–H groups in total. The number of aryl methyl sites for hydroxylation is 1. The smallest absolute Gasteiger partial charge is 0.348 e. The maximum atomic E-state index is 11.2. The quantitative estimate of drug-likeness (QED) is 0.627. The average Bonchev–Trinajstić information content (AvgIpc) is 2.32. The van der Waals surface area contributed by atoms with Crippen molar-refractivity contribution in [2.45, 2.75) is 20.8 Å². The van der Waals surface area contributed by atoms with E-state index >= 15 is 0 Å². The van der Waals surface area contributed by atoms with Crippen molar-refractivity contribution < 1.29 is 9.53 Å². The van der Waals surface area contributed by atoms with Crippen LogP contribution in [0.15, 0.2) is 0 Å². The maximum Gasteiger partial charge on any atom is 0.348 e. The molecule has 0 aliphatic heterocycles. The van der Waals surface area contributed by atoms with Crippen LogP contribution in [0.1, 0.15) is 25.7 Å². The van der Waals surface area contributed by atoms with E-state index in [1.807, 2.05) is 20.8 Å². The molecule has 1 aromatic heterocycles. The zero-order chi connectivity index (χ0) is 9.30. The Labute approximate surface area is 76.2 Å². The Morgan fingerprint density at radius 2 is 1.83 bits per heavy atom. The van der Waals surface area contributed by atoms with Crippen molar-refractivity contribution in [1.82, 2.24) is 0 Å². The Bertz CT molecular complexity index is 313. The molecule has 0 amide bonds. The molecule has 0 fully saturated rings. The van der Waals surface area contributed by atoms with Gasteiger partial charge < -0.3 is 4.74 Å². The molecule has 1 rings (SSSR count). The van der Waals surface area contributed by atoms with Gasteiger partial charge in [-0.1, -0.05) is 0 Å². The first-order valence-corrected chi connectivity index (χ1v) is 4.54. The molecule has 0 spiro atoms. The Kier molecular flexibility index (Phi) is 2.52. The van der Waals surface area contributed by atoms with Gasteiger partial charge >= 0.3 is 5.97 Å². The number of carbonyl (C=O) groups is 1. The molecule has 0 aliphatic rings. The van der Waals surface area contributed by atoms with Crippen LogP contribution in [-0.2, 0) is 4.74 Å². The van der Waals surface area contributed by atoms with E-state index in [0.717, 1.165) is 10.4 Å². The molecule has 0 saturated heterocycles. The summed E-state index contributed by atoms with van der Waals surface area (Å²) in [5.41, 5.74) is 2.24. The summed E-state index contributed by atoms with van der Waals surface area (Å²) in [7, 11) is 1.41. The molecule has 0 aliphatic carbocycles. The van der Waals surface area contributed by atoms with Crippen LogP contribution in [0.25, 0.3) is 0 Å². The third-order valence-corrected chi connectivity index (χ3v) is 3.35. The van der Waals surface area contributed by atoms with Crippen molar-refractivity contribution in [2.24, 2.45) is 0 Å². The van der Waals surface area contributed by atoms with Crippen LogP contribution in [0.3, 0.4) is 0 Å². The molecular formula is C9H12O2S. The van der Waals surface area contributed by atoms with Crippen molar-refractivity contribution in [3.63, 3.8) is 0 Å². The molecule has 0 aromatic carbocycles. The molecule has 3 heteroatoms. The second-order valence-corrected chi connectivity index (χ2v) is 3.95. The van der Waals surface area contributed by atoms with Gasteiger partial charge in [-0.3, -0.25) is 0 Å². The first kappa shape index (κ1) is 9.26. The lowest BCUT2D eigenvalue weighted by atomic mass is 10.1. The van der Waals surface area contributed by atoms with E-state index in [1.54, 1.807) is 0 Å². The number of rotatable bonds is 1. The summed E-state index contributed by atoms with van der Waals surface area (Å²) < 4.78 is 4.66. The monoisotopic (exact) mass is 184 g/mol. The van der Waals surface area contributed by atoms with Crippen molar-refractivity contribution in [3.05, 3.63) is 20.9 Å². The predicted octanol–water partition coefficient (Wildman–Crippen LogP) is 2.46. The van der Waals surface area contributed by atoms with Crippen molar-refractivity contribution in [3.8, 4) is 0 Å². The molecule has 0 saturated carbocycles. The van der Waals surface area contributed by atoms with Gasteiger partial charge in [-0.2, -0.15) is 0 Å². The Balaban J connectivity index is 3.17. The average molecular weight is 184 g/mol. The summed E-state index contributed by atoms with van der Waals surface area (Å²) in [6.07, 6.45) is 0. The molecule has 12 heavy (non-hydrogen) atoms. The van der Waals surface area contributed by atoms with Crippen molar-refractivity contribution in [2.75, 3.05) is 7.11 Å². The third kappa shape index (κ3) is 1.37. The van der Waals surface area contributed by atoms with Gasteiger partial charge in [-0.15, -0.1) is 11.3 Å². The highest BCUT2D eigenvalue weighted by Gasteiger charge is 2.15. The minimum Gasteiger partial charge on any atom is -0.465 e. The maximum absolute atomic E-state index is 11.2. The normalized spacial score (nSPS) is 10.0. The van der Waals surface area contributed by atoms with E-state index < -0.39 is 0 Å². The molecule has 2 nitrogen and oxygen atoms in total. The summed E-state index contributed by atoms with van der Waals surface area (Å²) in [5.74, 6) is -0.228. The van der Waals surface area contributed by atoms with E-state index in [1.165, 1.54) is 28.9 Å². The van der Waals surface area contributed by atoms with Gasteiger partial charge in [-0.05, 0) is 31.9 Å². The fourth-order valence-corrected chi connectivity index (χ4v) is 2.11. The van der Waals surface area contributed by atoms with Crippen molar-refractivity contribution >= 4 is 17.3 Å². The topological polar surface area (TPSA) is 26.3 Å². The van der Waals surface area contributed by atoms with Crippen LogP contribution in [0.2, 0.25) is 0 Å². The second-order valence-electron chi connectivity index (χ2n) is 2.73. The van der Waals surface area contributed by atoms with Gasteiger partial charge in [0.15, 0.2) is 0 Å². The van der Waals surface area contributed by atoms with E-state index in [-0.39, 0.29) is 5.97 Å². The fraction of sp³-hybridized carbons (Fsp3) is 0.444. The lowest BCUT2D eigenvalue weighted by Gasteiger charge is -1.96. The van der Waals surface area contributed by atoms with E-state index in [4.69, 9.17) is 0 Å². The fourth-order valence-electron chi connectivity index (χ4n) is 1.03. The number of carbonyl (C=O) groups excluding carboxylic acids is 1. The summed E-state index contributed by atoms with van der Waals surface area (Å²) in [4.78, 5) is 13.1. The summed E-state index contributed by atoms with van der Waals surface area (Å²) in [6.45, 7) is 5.98. The molecule has 66 valence electrons. The summed E-state index contributed by atoms with van der Waals surface area (Å²) in [5, 5.41) is 0. The molecule has 1 heterocycles. The molecule has 0 radical (unpaired) electrons. The largest absolute Gasteiger partial charge is 0.465 e. The van der Waals surface area contributed by atoms with E-state index in [2.05, 4.69) is 4.74 Å². The molecular weight excluding hydrogens is 172 g/mol. The van der Waals surface area contributed by atoms with E-state index in [9.17, 15) is 4.79 Å². The van der Waals surface area contributed by atoms with Crippen LogP contribution in [-0.4, -0.2) is 13.1 Å². The minimum absolute atomic E-state index is 0.228. The van der Waals surface area contributed by atoms with Gasteiger partial charge in [0.2, 0.25) is 0 Å². The number of thiophene rings is 1. The number of methoxy groups -OCH3 is 1. The number of esters is 1. The molecule has 0 atom stereocenters. The first-order valence-electron chi connectivity index (χ1n) is 3.72. The zero-order valence-electron chi connectivity index (χ0n) is 7.72. The molecule has 0 bridgehead atoms. The Morgan fingerprint density at radius 3 is 2.17 bits per heavy atom. The SMILES string of the molecule is COC(=O)c1sc(C)c(C)c1C. The van der Waals surface area contributed by atoms with Gasteiger partial charge in [0.25, 0.3) is 0 Å². The minimum atomic E-state index is -0.228. The highest BCUT2D eigenvalue weighted by atomic mass is 32.1. The Morgan fingerprint density at radius 1 is 1.25 bits per heavy atom. The third-order valence-electron chi connectivity index (χ3n) is 2.06. The number of hydrogen-bond donors (Lipinski definition) is 0. The van der Waals surface area contributed by atoms with Crippen molar-refractivity contribution in [1.29, 1.82) is 0 Å². The van der Waals surface area contributed by atoms with Gasteiger partial charge in [0, 0.05) is 4.88 Å². The lowest BCUT2D eigenvalue weighted by molar-refractivity contribution is 0.0605. The van der Waals surface area contributed by atoms with Crippen LogP contribution in [0, 0.1) is 20.8 Å². The zero-order valence-corrected chi connectivity index (χ0v) is 8.54.